The Balaban J connectivity index is 2.05. The standard InChI is InChI=1S/C8H15N3/c1-3-9-4-5-11-7-6-10(2)8-11/h6-7,9H,3-5H2,1-2H3. The third-order valence-electron chi connectivity index (χ3n) is 1.54. The van der Waals surface area contributed by atoms with Crippen molar-refractivity contribution in [2.24, 2.45) is 0 Å². The number of likely N-dealkylation sites (N-methyl/N-ethyl adjacent to an activating group) is 1. The molecule has 0 aromatic heterocycles. The van der Waals surface area contributed by atoms with E-state index in [1.165, 1.54) is 0 Å². The van der Waals surface area contributed by atoms with Crippen molar-refractivity contribution in [2.75, 3.05) is 26.7 Å². The van der Waals surface area contributed by atoms with E-state index in [-0.39, 0.29) is 0 Å². The van der Waals surface area contributed by atoms with E-state index in [1.807, 2.05) is 29.2 Å². The summed E-state index contributed by atoms with van der Waals surface area (Å²) in [5.41, 5.74) is 0. The fraction of sp³-hybridized carbons (Fsp3) is 0.625. The minimum Gasteiger partial charge on any atom is -0.349 e. The molecule has 0 aromatic carbocycles. The Bertz CT molecular complexity index is 133. The molecule has 1 aliphatic heterocycles. The highest BCUT2D eigenvalue weighted by Crippen LogP contribution is 2.06. The molecule has 0 saturated heterocycles. The van der Waals surface area contributed by atoms with Gasteiger partial charge >= 0.3 is 0 Å². The SMILES string of the molecule is CCNCCN1[C]N(C)C=C1. The third-order valence-corrected chi connectivity index (χ3v) is 1.54. The van der Waals surface area contributed by atoms with E-state index in [9.17, 15) is 0 Å². The van der Waals surface area contributed by atoms with Crippen LogP contribution in [0.3, 0.4) is 0 Å². The lowest BCUT2D eigenvalue weighted by atomic mass is 10.5. The Morgan fingerprint density at radius 1 is 1.45 bits per heavy atom. The molecule has 3 nitrogen and oxygen atoms in total. The molecule has 1 N–H and O–H groups in total. The normalized spacial score (nSPS) is 16.5. The summed E-state index contributed by atoms with van der Waals surface area (Å²) in [4.78, 5) is 3.97. The largest absolute Gasteiger partial charge is 0.349 e. The second-order valence-electron chi connectivity index (χ2n) is 2.56. The zero-order chi connectivity index (χ0) is 8.10. The third kappa shape index (κ3) is 2.80. The molecule has 0 saturated carbocycles. The first-order chi connectivity index (χ1) is 5.33. The predicted molar refractivity (Wildman–Crippen MR) is 45.4 cm³/mol. The topological polar surface area (TPSA) is 18.5 Å². The molecule has 0 aliphatic carbocycles. The summed E-state index contributed by atoms with van der Waals surface area (Å²) in [5.74, 6) is 0. The second-order valence-corrected chi connectivity index (χ2v) is 2.56. The minimum absolute atomic E-state index is 0.995. The Morgan fingerprint density at radius 2 is 2.27 bits per heavy atom. The van der Waals surface area contributed by atoms with Crippen LogP contribution in [-0.4, -0.2) is 36.5 Å². The molecule has 11 heavy (non-hydrogen) atoms. The van der Waals surface area contributed by atoms with E-state index in [0.29, 0.717) is 0 Å². The van der Waals surface area contributed by atoms with E-state index in [4.69, 9.17) is 0 Å². The number of hydrogen-bond donors (Lipinski definition) is 1. The van der Waals surface area contributed by atoms with Gasteiger partial charge in [0.15, 0.2) is 0 Å². The lowest BCUT2D eigenvalue weighted by Gasteiger charge is -2.15. The molecule has 2 radical (unpaired) electrons. The molecule has 0 atom stereocenters. The fourth-order valence-electron chi connectivity index (χ4n) is 0.951. The molecule has 0 unspecified atom stereocenters. The first-order valence-electron chi connectivity index (χ1n) is 3.97. The molecule has 0 amide bonds. The first-order valence-corrected chi connectivity index (χ1v) is 3.97. The van der Waals surface area contributed by atoms with Crippen molar-refractivity contribution >= 4 is 0 Å². The van der Waals surface area contributed by atoms with Crippen LogP contribution in [0.15, 0.2) is 12.4 Å². The van der Waals surface area contributed by atoms with Gasteiger partial charge in [0.2, 0.25) is 6.67 Å². The molecule has 0 spiro atoms. The zero-order valence-electron chi connectivity index (χ0n) is 7.17. The van der Waals surface area contributed by atoms with E-state index >= 15 is 0 Å². The van der Waals surface area contributed by atoms with E-state index in [0.717, 1.165) is 19.6 Å². The van der Waals surface area contributed by atoms with Gasteiger partial charge in [-0.3, -0.25) is 0 Å². The maximum absolute atomic E-state index is 3.26. The Morgan fingerprint density at radius 3 is 2.82 bits per heavy atom. The van der Waals surface area contributed by atoms with Gasteiger partial charge < -0.3 is 15.1 Å². The van der Waals surface area contributed by atoms with Gasteiger partial charge in [0.05, 0.1) is 0 Å². The average Bonchev–Trinajstić information content (AvgIpc) is 2.37. The van der Waals surface area contributed by atoms with Gasteiger partial charge in [0.1, 0.15) is 0 Å². The quantitative estimate of drug-likeness (QED) is 0.586. The highest BCUT2D eigenvalue weighted by atomic mass is 15.3. The molecule has 3 heteroatoms. The van der Waals surface area contributed by atoms with E-state index < -0.39 is 0 Å². The Kier molecular flexibility index (Phi) is 3.23. The lowest BCUT2D eigenvalue weighted by molar-refractivity contribution is 0.376. The van der Waals surface area contributed by atoms with Crippen LogP contribution in [0.25, 0.3) is 0 Å². The summed E-state index contributed by atoms with van der Waals surface area (Å²) in [5, 5.41) is 3.26. The highest BCUT2D eigenvalue weighted by Gasteiger charge is 2.08. The Labute approximate surface area is 68.7 Å². The number of nitrogens with one attached hydrogen (secondary N) is 1. The van der Waals surface area contributed by atoms with Crippen molar-refractivity contribution in [3.63, 3.8) is 0 Å². The van der Waals surface area contributed by atoms with Gasteiger partial charge in [-0.05, 0) is 6.54 Å². The van der Waals surface area contributed by atoms with Crippen LogP contribution in [0.5, 0.6) is 0 Å². The molecule has 0 bridgehead atoms. The zero-order valence-corrected chi connectivity index (χ0v) is 7.17. The predicted octanol–water partition coefficient (Wildman–Crippen LogP) is 0.311. The van der Waals surface area contributed by atoms with Crippen molar-refractivity contribution in [2.45, 2.75) is 6.92 Å². The highest BCUT2D eigenvalue weighted by molar-refractivity contribution is 4.95. The van der Waals surface area contributed by atoms with Crippen LogP contribution in [-0.2, 0) is 0 Å². The average molecular weight is 153 g/mol. The molecule has 1 heterocycles. The second kappa shape index (κ2) is 4.23. The first kappa shape index (κ1) is 8.40. The van der Waals surface area contributed by atoms with Crippen LogP contribution >= 0.6 is 0 Å². The lowest BCUT2D eigenvalue weighted by Crippen LogP contribution is -2.27. The monoisotopic (exact) mass is 153 g/mol. The summed E-state index contributed by atoms with van der Waals surface area (Å²) in [7, 11) is 1.98. The van der Waals surface area contributed by atoms with Crippen molar-refractivity contribution < 1.29 is 0 Å². The summed E-state index contributed by atoms with van der Waals surface area (Å²) in [6.07, 6.45) is 4.02. The van der Waals surface area contributed by atoms with Crippen molar-refractivity contribution in [3.8, 4) is 0 Å². The number of rotatable bonds is 4. The van der Waals surface area contributed by atoms with Gasteiger partial charge in [-0.1, -0.05) is 6.92 Å². The number of nitrogens with zero attached hydrogens (tertiary/aromatic N) is 2. The minimum atomic E-state index is 0.995. The molecule has 0 fully saturated rings. The molecule has 0 aromatic rings. The Hall–Kier alpha value is -0.700. The summed E-state index contributed by atoms with van der Waals surface area (Å²) >= 11 is 0. The molecule has 1 rings (SSSR count). The van der Waals surface area contributed by atoms with Crippen molar-refractivity contribution in [1.82, 2.24) is 15.1 Å². The molecular formula is C8H15N3. The summed E-state index contributed by atoms with van der Waals surface area (Å²) in [6, 6.07) is 0. The van der Waals surface area contributed by atoms with Gasteiger partial charge in [0, 0.05) is 32.5 Å². The van der Waals surface area contributed by atoms with Gasteiger partial charge in [-0.25, -0.2) is 0 Å². The van der Waals surface area contributed by atoms with Crippen molar-refractivity contribution in [3.05, 3.63) is 19.1 Å². The van der Waals surface area contributed by atoms with E-state index in [2.05, 4.69) is 18.9 Å². The van der Waals surface area contributed by atoms with Gasteiger partial charge in [0.25, 0.3) is 0 Å². The summed E-state index contributed by atoms with van der Waals surface area (Å²) < 4.78 is 0. The van der Waals surface area contributed by atoms with Crippen LogP contribution in [0.2, 0.25) is 0 Å². The van der Waals surface area contributed by atoms with Crippen LogP contribution in [0, 0.1) is 6.67 Å². The molecule has 1 aliphatic rings. The van der Waals surface area contributed by atoms with Crippen LogP contribution in [0.4, 0.5) is 0 Å². The van der Waals surface area contributed by atoms with Crippen LogP contribution < -0.4 is 5.32 Å². The maximum Gasteiger partial charge on any atom is 0.207 e. The molecular weight excluding hydrogens is 138 g/mol. The number of hydrogen-bond acceptors (Lipinski definition) is 3. The van der Waals surface area contributed by atoms with Crippen molar-refractivity contribution in [1.29, 1.82) is 0 Å². The summed E-state index contributed by atoms with van der Waals surface area (Å²) in [6.45, 7) is 8.28. The van der Waals surface area contributed by atoms with E-state index in [1.54, 1.807) is 0 Å². The maximum atomic E-state index is 3.26. The molecule has 62 valence electrons. The van der Waals surface area contributed by atoms with Gasteiger partial charge in [-0.2, -0.15) is 0 Å². The fourth-order valence-corrected chi connectivity index (χ4v) is 0.951. The van der Waals surface area contributed by atoms with Gasteiger partial charge in [-0.15, -0.1) is 0 Å². The smallest absolute Gasteiger partial charge is 0.207 e. The van der Waals surface area contributed by atoms with Crippen LogP contribution in [0.1, 0.15) is 6.92 Å².